The number of amides is 1. The second kappa shape index (κ2) is 7.93. The maximum absolute atomic E-state index is 12.3. The average Bonchev–Trinajstić information content (AvgIpc) is 2.50. The lowest BCUT2D eigenvalue weighted by atomic mass is 10.0. The van der Waals surface area contributed by atoms with E-state index in [0.29, 0.717) is 18.8 Å². The first-order chi connectivity index (χ1) is 10.6. The van der Waals surface area contributed by atoms with E-state index in [0.717, 1.165) is 18.5 Å². The van der Waals surface area contributed by atoms with Crippen LogP contribution in [0.15, 0.2) is 24.3 Å². The van der Waals surface area contributed by atoms with Gasteiger partial charge in [-0.15, -0.1) is 0 Å². The molecule has 7 heteroatoms. The van der Waals surface area contributed by atoms with Crippen LogP contribution >= 0.6 is 0 Å². The number of carbonyl (C=O) groups is 1. The molecule has 1 amide bonds. The van der Waals surface area contributed by atoms with Crippen molar-refractivity contribution in [2.24, 2.45) is 0 Å². The lowest BCUT2D eigenvalue weighted by molar-refractivity contribution is 0.0769. The molecule has 0 spiro atoms. The number of piperidine rings is 1. The molecule has 0 saturated carbocycles. The van der Waals surface area contributed by atoms with E-state index in [1.54, 1.807) is 17.0 Å². The summed E-state index contributed by atoms with van der Waals surface area (Å²) in [6.07, 6.45) is -1.09. The molecular formula is C15H21F2N3O2. The van der Waals surface area contributed by atoms with E-state index in [2.05, 4.69) is 15.4 Å². The molecule has 1 aromatic carbocycles. The zero-order chi connectivity index (χ0) is 15.9. The number of carbonyl (C=O) groups excluding carboxylic acids is 1. The van der Waals surface area contributed by atoms with Crippen molar-refractivity contribution in [3.05, 3.63) is 24.3 Å². The quantitative estimate of drug-likeness (QED) is 0.877. The van der Waals surface area contributed by atoms with E-state index in [4.69, 9.17) is 0 Å². The molecule has 1 saturated heterocycles. The predicted octanol–water partition coefficient (Wildman–Crippen LogP) is 3.01. The van der Waals surface area contributed by atoms with Gasteiger partial charge in [0.2, 0.25) is 0 Å². The van der Waals surface area contributed by atoms with Gasteiger partial charge < -0.3 is 10.1 Å². The van der Waals surface area contributed by atoms with Gasteiger partial charge in [0.05, 0.1) is 13.7 Å². The summed E-state index contributed by atoms with van der Waals surface area (Å²) in [7, 11) is 1.31. The minimum Gasteiger partial charge on any atom is -0.453 e. The van der Waals surface area contributed by atoms with Gasteiger partial charge in [-0.2, -0.15) is 0 Å². The fourth-order valence-corrected chi connectivity index (χ4v) is 2.51. The van der Waals surface area contributed by atoms with Crippen LogP contribution in [0.4, 0.5) is 25.0 Å². The molecular weight excluding hydrogens is 292 g/mol. The summed E-state index contributed by atoms with van der Waals surface area (Å²) in [6, 6.07) is 7.59. The summed E-state index contributed by atoms with van der Waals surface area (Å²) in [5, 5.41) is 5.97. The Morgan fingerprint density at radius 2 is 1.86 bits per heavy atom. The molecule has 5 nitrogen and oxygen atoms in total. The number of hydrogen-bond donors (Lipinski definition) is 2. The summed E-state index contributed by atoms with van der Waals surface area (Å²) in [4.78, 5) is 12.9. The van der Waals surface area contributed by atoms with Crippen LogP contribution in [0, 0.1) is 0 Å². The van der Waals surface area contributed by atoms with Crippen molar-refractivity contribution >= 4 is 17.5 Å². The van der Waals surface area contributed by atoms with Crippen molar-refractivity contribution in [3.63, 3.8) is 0 Å². The highest BCUT2D eigenvalue weighted by molar-refractivity contribution is 5.84. The van der Waals surface area contributed by atoms with E-state index in [9.17, 15) is 13.6 Å². The topological polar surface area (TPSA) is 53.6 Å². The standard InChI is InChI=1S/C15H21F2N3O2/c1-22-15(21)19-12-4-2-11(3-5-12)18-13-6-8-20(9-7-13)10-14(16)17/h2-5,13-14,18H,6-10H2,1H3,(H,19,21). The molecule has 122 valence electrons. The van der Waals surface area contributed by atoms with Gasteiger partial charge in [-0.1, -0.05) is 0 Å². The molecule has 2 rings (SSSR count). The molecule has 1 aromatic rings. The third kappa shape index (κ3) is 5.14. The highest BCUT2D eigenvalue weighted by Crippen LogP contribution is 2.19. The van der Waals surface area contributed by atoms with Crippen LogP contribution in [0.1, 0.15) is 12.8 Å². The first-order valence-corrected chi connectivity index (χ1v) is 7.29. The molecule has 0 aliphatic carbocycles. The van der Waals surface area contributed by atoms with Crippen LogP contribution in [-0.2, 0) is 4.74 Å². The van der Waals surface area contributed by atoms with Gasteiger partial charge in [0.25, 0.3) is 6.43 Å². The Kier molecular flexibility index (Phi) is 5.94. The molecule has 0 unspecified atom stereocenters. The number of halogens is 2. The molecule has 0 radical (unpaired) electrons. The van der Waals surface area contributed by atoms with Crippen molar-refractivity contribution in [2.75, 3.05) is 37.4 Å². The number of ether oxygens (including phenoxy) is 1. The van der Waals surface area contributed by atoms with Crippen LogP contribution in [0.5, 0.6) is 0 Å². The van der Waals surface area contributed by atoms with E-state index in [1.165, 1.54) is 7.11 Å². The first-order valence-electron chi connectivity index (χ1n) is 7.29. The molecule has 0 atom stereocenters. The number of rotatable bonds is 5. The number of alkyl halides is 2. The van der Waals surface area contributed by atoms with Crippen molar-refractivity contribution in [3.8, 4) is 0 Å². The second-order valence-electron chi connectivity index (χ2n) is 5.30. The predicted molar refractivity (Wildman–Crippen MR) is 81.6 cm³/mol. The average molecular weight is 313 g/mol. The fourth-order valence-electron chi connectivity index (χ4n) is 2.51. The highest BCUT2D eigenvalue weighted by Gasteiger charge is 2.21. The van der Waals surface area contributed by atoms with Crippen LogP contribution in [-0.4, -0.2) is 50.2 Å². The van der Waals surface area contributed by atoms with Crippen molar-refractivity contribution < 1.29 is 18.3 Å². The van der Waals surface area contributed by atoms with Crippen molar-refractivity contribution in [1.82, 2.24) is 4.90 Å². The Bertz CT molecular complexity index is 474. The number of anilines is 2. The van der Waals surface area contributed by atoms with Crippen LogP contribution in [0.2, 0.25) is 0 Å². The number of benzene rings is 1. The number of methoxy groups -OCH3 is 1. The summed E-state index contributed by atoms with van der Waals surface area (Å²) < 4.78 is 29.2. The van der Waals surface area contributed by atoms with Gasteiger partial charge >= 0.3 is 6.09 Å². The zero-order valence-corrected chi connectivity index (χ0v) is 12.5. The highest BCUT2D eigenvalue weighted by atomic mass is 19.3. The second-order valence-corrected chi connectivity index (χ2v) is 5.30. The summed E-state index contributed by atoms with van der Waals surface area (Å²) in [5.74, 6) is 0. The van der Waals surface area contributed by atoms with Crippen molar-refractivity contribution in [2.45, 2.75) is 25.3 Å². The molecule has 2 N–H and O–H groups in total. The summed E-state index contributed by atoms with van der Waals surface area (Å²) in [5.41, 5.74) is 1.60. The van der Waals surface area contributed by atoms with E-state index >= 15 is 0 Å². The minimum absolute atomic E-state index is 0.138. The minimum atomic E-state index is -2.26. The molecule has 0 bridgehead atoms. The largest absolute Gasteiger partial charge is 0.453 e. The molecule has 1 heterocycles. The van der Waals surface area contributed by atoms with Crippen LogP contribution in [0.25, 0.3) is 0 Å². The summed E-state index contributed by atoms with van der Waals surface area (Å²) in [6.45, 7) is 1.23. The SMILES string of the molecule is COC(=O)Nc1ccc(NC2CCN(CC(F)F)CC2)cc1. The molecule has 22 heavy (non-hydrogen) atoms. The number of hydrogen-bond acceptors (Lipinski definition) is 4. The maximum Gasteiger partial charge on any atom is 0.411 e. The van der Waals surface area contributed by atoms with Crippen LogP contribution < -0.4 is 10.6 Å². The smallest absolute Gasteiger partial charge is 0.411 e. The molecule has 0 aromatic heterocycles. The number of likely N-dealkylation sites (tertiary alicyclic amines) is 1. The Hall–Kier alpha value is -1.89. The van der Waals surface area contributed by atoms with Gasteiger partial charge in [0, 0.05) is 30.5 Å². The third-order valence-corrected chi connectivity index (χ3v) is 3.67. The van der Waals surface area contributed by atoms with Gasteiger partial charge in [-0.3, -0.25) is 10.2 Å². The first kappa shape index (κ1) is 16.5. The fraction of sp³-hybridized carbons (Fsp3) is 0.533. The molecule has 1 aliphatic rings. The van der Waals surface area contributed by atoms with Crippen LogP contribution in [0.3, 0.4) is 0 Å². The Morgan fingerprint density at radius 3 is 2.41 bits per heavy atom. The van der Waals surface area contributed by atoms with Gasteiger partial charge in [0.1, 0.15) is 0 Å². The van der Waals surface area contributed by atoms with Gasteiger partial charge in [0.15, 0.2) is 0 Å². The lowest BCUT2D eigenvalue weighted by Gasteiger charge is -2.32. The Labute approximate surface area is 128 Å². The zero-order valence-electron chi connectivity index (χ0n) is 12.5. The van der Waals surface area contributed by atoms with Crippen molar-refractivity contribution in [1.29, 1.82) is 0 Å². The van der Waals surface area contributed by atoms with E-state index in [1.807, 2.05) is 12.1 Å². The van der Waals surface area contributed by atoms with Gasteiger partial charge in [-0.05, 0) is 37.1 Å². The Balaban J connectivity index is 1.78. The number of nitrogens with one attached hydrogen (secondary N) is 2. The summed E-state index contributed by atoms with van der Waals surface area (Å²) >= 11 is 0. The van der Waals surface area contributed by atoms with Gasteiger partial charge in [-0.25, -0.2) is 13.6 Å². The van der Waals surface area contributed by atoms with E-state index in [-0.39, 0.29) is 12.6 Å². The Morgan fingerprint density at radius 1 is 1.27 bits per heavy atom. The normalized spacial score (nSPS) is 16.5. The monoisotopic (exact) mass is 313 g/mol. The third-order valence-electron chi connectivity index (χ3n) is 3.67. The lowest BCUT2D eigenvalue weighted by Crippen LogP contribution is -2.41. The molecule has 1 fully saturated rings. The maximum atomic E-state index is 12.3. The molecule has 1 aliphatic heterocycles. The van der Waals surface area contributed by atoms with E-state index < -0.39 is 12.5 Å². The number of nitrogens with zero attached hydrogens (tertiary/aromatic N) is 1.